The standard InChI is InChI=1S/C22H27N5O3/c1-14-11-15(2)24-22(23-14)26-9-7-16(8-10-26)25-19-13-20(28)27(21(19)29)17-5-4-6-18(12-17)30-3/h4-6,11-12,16,19,25H,7-10,13H2,1-3H3/p+1/t19-/m0/s1. The van der Waals surface area contributed by atoms with Crippen molar-refractivity contribution in [2.24, 2.45) is 0 Å². The normalized spacial score (nSPS) is 20.2. The Hall–Kier alpha value is -3.00. The number of hydrogen-bond donors (Lipinski definition) is 1. The molecule has 2 aliphatic heterocycles. The Morgan fingerprint density at radius 3 is 2.43 bits per heavy atom. The Morgan fingerprint density at radius 2 is 1.77 bits per heavy atom. The van der Waals surface area contributed by atoms with Crippen molar-refractivity contribution >= 4 is 23.5 Å². The number of hydrogen-bond acceptors (Lipinski definition) is 6. The molecule has 0 spiro atoms. The summed E-state index contributed by atoms with van der Waals surface area (Å²) in [5.74, 6) is 1.10. The molecule has 30 heavy (non-hydrogen) atoms. The summed E-state index contributed by atoms with van der Waals surface area (Å²) < 4.78 is 5.22. The molecule has 8 heteroatoms. The highest BCUT2D eigenvalue weighted by molar-refractivity contribution is 6.21. The molecule has 2 fully saturated rings. The van der Waals surface area contributed by atoms with Crippen LogP contribution < -0.4 is 19.9 Å². The molecule has 2 aromatic rings. The number of benzene rings is 1. The molecule has 2 aliphatic rings. The molecule has 1 atom stereocenters. The minimum absolute atomic E-state index is 0.145. The monoisotopic (exact) mass is 410 g/mol. The molecule has 2 N–H and O–H groups in total. The van der Waals surface area contributed by atoms with Crippen molar-refractivity contribution < 1.29 is 19.6 Å². The predicted octanol–water partition coefficient (Wildman–Crippen LogP) is 0.966. The van der Waals surface area contributed by atoms with Gasteiger partial charge in [-0.05, 0) is 32.0 Å². The number of nitrogens with two attached hydrogens (primary N) is 1. The van der Waals surface area contributed by atoms with Gasteiger partial charge in [0.1, 0.15) is 5.75 Å². The van der Waals surface area contributed by atoms with E-state index in [1.807, 2.05) is 19.9 Å². The molecule has 0 bridgehead atoms. The Balaban J connectivity index is 1.37. The lowest BCUT2D eigenvalue weighted by Gasteiger charge is -2.31. The fraction of sp³-hybridized carbons (Fsp3) is 0.455. The number of piperidine rings is 1. The third-order valence-corrected chi connectivity index (χ3v) is 5.79. The van der Waals surface area contributed by atoms with Gasteiger partial charge in [0, 0.05) is 43.4 Å². The first-order valence-corrected chi connectivity index (χ1v) is 10.4. The zero-order valence-corrected chi connectivity index (χ0v) is 17.7. The summed E-state index contributed by atoms with van der Waals surface area (Å²) in [7, 11) is 1.57. The van der Waals surface area contributed by atoms with E-state index < -0.39 is 0 Å². The number of ether oxygens (including phenoxy) is 1. The molecular weight excluding hydrogens is 382 g/mol. The molecule has 3 heterocycles. The second-order valence-corrected chi connectivity index (χ2v) is 8.05. The number of quaternary nitrogens is 1. The van der Waals surface area contributed by atoms with E-state index in [2.05, 4.69) is 20.2 Å². The first-order valence-electron chi connectivity index (χ1n) is 10.4. The van der Waals surface area contributed by atoms with Crippen molar-refractivity contribution in [3.05, 3.63) is 41.7 Å². The number of imide groups is 1. The van der Waals surface area contributed by atoms with Crippen LogP contribution in [0.4, 0.5) is 11.6 Å². The number of anilines is 2. The lowest BCUT2D eigenvalue weighted by Crippen LogP contribution is -2.97. The third kappa shape index (κ3) is 4.14. The third-order valence-electron chi connectivity index (χ3n) is 5.79. The summed E-state index contributed by atoms with van der Waals surface area (Å²) in [4.78, 5) is 38.1. The smallest absolute Gasteiger partial charge is 0.292 e. The van der Waals surface area contributed by atoms with Crippen LogP contribution in [0.3, 0.4) is 0 Å². The molecule has 4 rings (SSSR count). The first-order chi connectivity index (χ1) is 14.4. The average molecular weight is 410 g/mol. The van der Waals surface area contributed by atoms with Crippen LogP contribution in [0.5, 0.6) is 5.75 Å². The van der Waals surface area contributed by atoms with Gasteiger partial charge in [0.2, 0.25) is 11.9 Å². The van der Waals surface area contributed by atoms with Crippen LogP contribution in [0.25, 0.3) is 0 Å². The minimum Gasteiger partial charge on any atom is -0.497 e. The topological polar surface area (TPSA) is 92.2 Å². The molecule has 158 valence electrons. The Labute approximate surface area is 176 Å². The second kappa shape index (κ2) is 8.39. The highest BCUT2D eigenvalue weighted by atomic mass is 16.5. The van der Waals surface area contributed by atoms with Gasteiger partial charge in [-0.2, -0.15) is 0 Å². The number of rotatable bonds is 5. The van der Waals surface area contributed by atoms with Gasteiger partial charge >= 0.3 is 0 Å². The van der Waals surface area contributed by atoms with E-state index in [-0.39, 0.29) is 24.3 Å². The van der Waals surface area contributed by atoms with Gasteiger partial charge in [-0.3, -0.25) is 9.59 Å². The van der Waals surface area contributed by atoms with Crippen molar-refractivity contribution in [2.75, 3.05) is 30.0 Å². The van der Waals surface area contributed by atoms with Gasteiger partial charge in [-0.1, -0.05) is 6.07 Å². The maximum atomic E-state index is 13.0. The van der Waals surface area contributed by atoms with Crippen LogP contribution in [-0.2, 0) is 9.59 Å². The van der Waals surface area contributed by atoms with Crippen molar-refractivity contribution in [3.8, 4) is 5.75 Å². The molecule has 1 aromatic carbocycles. The molecule has 2 amide bonds. The van der Waals surface area contributed by atoms with E-state index in [0.717, 1.165) is 43.3 Å². The number of carbonyl (C=O) groups is 2. The predicted molar refractivity (Wildman–Crippen MR) is 113 cm³/mol. The highest BCUT2D eigenvalue weighted by Crippen LogP contribution is 2.26. The van der Waals surface area contributed by atoms with E-state index >= 15 is 0 Å². The Kier molecular flexibility index (Phi) is 5.67. The van der Waals surface area contributed by atoms with Crippen molar-refractivity contribution in [1.29, 1.82) is 0 Å². The maximum Gasteiger partial charge on any atom is 0.292 e. The molecule has 0 aliphatic carbocycles. The maximum absolute atomic E-state index is 13.0. The Bertz CT molecular complexity index is 935. The van der Waals surface area contributed by atoms with Gasteiger partial charge in [0.15, 0.2) is 6.04 Å². The zero-order chi connectivity index (χ0) is 21.3. The van der Waals surface area contributed by atoms with Crippen LogP contribution in [-0.4, -0.2) is 54.1 Å². The van der Waals surface area contributed by atoms with Crippen LogP contribution in [0.15, 0.2) is 30.3 Å². The molecule has 0 unspecified atom stereocenters. The van der Waals surface area contributed by atoms with Gasteiger partial charge in [-0.25, -0.2) is 14.9 Å². The fourth-order valence-electron chi connectivity index (χ4n) is 4.30. The number of aryl methyl sites for hydroxylation is 2. The lowest BCUT2D eigenvalue weighted by molar-refractivity contribution is -0.709. The first kappa shape index (κ1) is 20.3. The van der Waals surface area contributed by atoms with Crippen LogP contribution in [0, 0.1) is 13.8 Å². The van der Waals surface area contributed by atoms with Crippen LogP contribution >= 0.6 is 0 Å². The van der Waals surface area contributed by atoms with Crippen LogP contribution in [0.2, 0.25) is 0 Å². The molecule has 0 radical (unpaired) electrons. The van der Waals surface area contributed by atoms with Crippen LogP contribution in [0.1, 0.15) is 30.7 Å². The average Bonchev–Trinajstić information content (AvgIpc) is 3.01. The van der Waals surface area contributed by atoms with Gasteiger partial charge in [-0.15, -0.1) is 0 Å². The second-order valence-electron chi connectivity index (χ2n) is 8.05. The number of nitrogens with zero attached hydrogens (tertiary/aromatic N) is 4. The number of carbonyl (C=O) groups excluding carboxylic acids is 2. The van der Waals surface area contributed by atoms with Gasteiger partial charge < -0.3 is 15.0 Å². The number of aromatic nitrogens is 2. The summed E-state index contributed by atoms with van der Waals surface area (Å²) in [5, 5.41) is 2.08. The summed E-state index contributed by atoms with van der Waals surface area (Å²) in [6.07, 6.45) is 2.08. The van der Waals surface area contributed by atoms with Crippen molar-refractivity contribution in [3.63, 3.8) is 0 Å². The summed E-state index contributed by atoms with van der Waals surface area (Å²) in [6, 6.07) is 8.99. The molecule has 0 saturated carbocycles. The van der Waals surface area contributed by atoms with E-state index in [0.29, 0.717) is 17.5 Å². The van der Waals surface area contributed by atoms with E-state index in [1.54, 1.807) is 31.4 Å². The van der Waals surface area contributed by atoms with Gasteiger partial charge in [0.25, 0.3) is 5.91 Å². The number of methoxy groups -OCH3 is 1. The van der Waals surface area contributed by atoms with E-state index in [1.165, 1.54) is 4.90 Å². The van der Waals surface area contributed by atoms with E-state index in [9.17, 15) is 9.59 Å². The SMILES string of the molecule is COc1cccc(N2C(=O)C[C@H]([NH2+]C3CCN(c4nc(C)cc(C)n4)CC3)C2=O)c1. The fourth-order valence-corrected chi connectivity index (χ4v) is 4.30. The quantitative estimate of drug-likeness (QED) is 0.739. The molecular formula is C22H28N5O3+. The summed E-state index contributed by atoms with van der Waals surface area (Å²) in [5.41, 5.74) is 2.51. The summed E-state index contributed by atoms with van der Waals surface area (Å²) >= 11 is 0. The minimum atomic E-state index is -0.363. The Morgan fingerprint density at radius 1 is 1.07 bits per heavy atom. The highest BCUT2D eigenvalue weighted by Gasteiger charge is 2.43. The largest absolute Gasteiger partial charge is 0.497 e. The number of amides is 2. The molecule has 1 aromatic heterocycles. The lowest BCUT2D eigenvalue weighted by atomic mass is 10.0. The van der Waals surface area contributed by atoms with E-state index in [4.69, 9.17) is 4.74 Å². The van der Waals surface area contributed by atoms with Crippen molar-refractivity contribution in [1.82, 2.24) is 9.97 Å². The molecule has 8 nitrogen and oxygen atoms in total. The summed E-state index contributed by atoms with van der Waals surface area (Å²) in [6.45, 7) is 5.65. The molecule has 2 saturated heterocycles. The van der Waals surface area contributed by atoms with Gasteiger partial charge in [0.05, 0.1) is 25.3 Å². The van der Waals surface area contributed by atoms with Crippen molar-refractivity contribution in [2.45, 2.75) is 45.2 Å². The zero-order valence-electron chi connectivity index (χ0n) is 17.7.